The van der Waals surface area contributed by atoms with Gasteiger partial charge in [-0.2, -0.15) is 0 Å². The van der Waals surface area contributed by atoms with Crippen LogP contribution in [0, 0.1) is 6.92 Å². The van der Waals surface area contributed by atoms with E-state index in [1.807, 2.05) is 42.5 Å². The Bertz CT molecular complexity index is 1210. The summed E-state index contributed by atoms with van der Waals surface area (Å²) in [5.74, 6) is 0. The number of aromatic amines is 1. The van der Waals surface area contributed by atoms with Crippen molar-refractivity contribution in [3.63, 3.8) is 0 Å². The predicted octanol–water partition coefficient (Wildman–Crippen LogP) is 5.06. The average molecular weight is 421 g/mol. The molecule has 0 aliphatic carbocycles. The molecule has 0 fully saturated rings. The lowest BCUT2D eigenvalue weighted by Gasteiger charge is -2.21. The van der Waals surface area contributed by atoms with Gasteiger partial charge in [0.05, 0.1) is 11.4 Å². The lowest BCUT2D eigenvalue weighted by atomic mass is 10.1. The molecule has 2 heterocycles. The van der Waals surface area contributed by atoms with E-state index < -0.39 is 0 Å². The Morgan fingerprint density at radius 2 is 1.87 bits per heavy atom. The summed E-state index contributed by atoms with van der Waals surface area (Å²) >= 11 is 6.00. The minimum atomic E-state index is -0.100. The normalized spacial score (nSPS) is 11.5. The van der Waals surface area contributed by atoms with Crippen molar-refractivity contribution in [3.8, 4) is 11.3 Å². The third-order valence-corrected chi connectivity index (χ3v) is 5.33. The van der Waals surface area contributed by atoms with Gasteiger partial charge >= 0.3 is 0 Å². The first-order valence-corrected chi connectivity index (χ1v) is 10.5. The Morgan fingerprint density at radius 1 is 1.07 bits per heavy atom. The lowest BCUT2D eigenvalue weighted by Crippen LogP contribution is -2.26. The number of hydrogen-bond donors (Lipinski definition) is 1. The Kier molecular flexibility index (Phi) is 6.02. The number of halogens is 1. The molecule has 0 aliphatic rings. The van der Waals surface area contributed by atoms with Crippen LogP contribution in [0.25, 0.3) is 16.9 Å². The summed E-state index contributed by atoms with van der Waals surface area (Å²) < 4.78 is 1.50. The van der Waals surface area contributed by atoms with E-state index in [1.54, 1.807) is 6.07 Å². The molecular weight excluding hydrogens is 396 g/mol. The molecule has 0 bridgehead atoms. The Labute approximate surface area is 180 Å². The predicted molar refractivity (Wildman–Crippen MR) is 122 cm³/mol. The van der Waals surface area contributed by atoms with Crippen LogP contribution in [0.5, 0.6) is 0 Å². The highest BCUT2D eigenvalue weighted by Gasteiger charge is 2.12. The third kappa shape index (κ3) is 4.64. The Balaban J connectivity index is 1.61. The number of rotatable bonds is 7. The van der Waals surface area contributed by atoms with E-state index in [0.717, 1.165) is 41.5 Å². The summed E-state index contributed by atoms with van der Waals surface area (Å²) in [6.07, 6.45) is 1.02. The third-order valence-electron chi connectivity index (χ3n) is 5.08. The molecule has 154 valence electrons. The smallest absolute Gasteiger partial charge is 0.272 e. The molecule has 0 spiro atoms. The molecule has 0 atom stereocenters. The fourth-order valence-electron chi connectivity index (χ4n) is 3.69. The number of hydrogen-bond acceptors (Lipinski definition) is 3. The molecule has 0 radical (unpaired) electrons. The van der Waals surface area contributed by atoms with Gasteiger partial charge in [-0.05, 0) is 49.2 Å². The Hall–Kier alpha value is -2.89. The van der Waals surface area contributed by atoms with Gasteiger partial charge in [0.15, 0.2) is 5.65 Å². The van der Waals surface area contributed by atoms with Crippen LogP contribution in [0.2, 0.25) is 5.02 Å². The van der Waals surface area contributed by atoms with Crippen molar-refractivity contribution in [1.29, 1.82) is 0 Å². The molecule has 5 nitrogen and oxygen atoms in total. The average Bonchev–Trinajstić information content (AvgIpc) is 3.15. The number of nitrogens with one attached hydrogen (secondary N) is 1. The quantitative estimate of drug-likeness (QED) is 0.454. The van der Waals surface area contributed by atoms with Crippen LogP contribution in [-0.4, -0.2) is 26.0 Å². The molecule has 4 rings (SSSR count). The van der Waals surface area contributed by atoms with Gasteiger partial charge in [-0.1, -0.05) is 54.4 Å². The van der Waals surface area contributed by atoms with E-state index in [4.69, 9.17) is 16.6 Å². The van der Waals surface area contributed by atoms with Crippen molar-refractivity contribution >= 4 is 17.2 Å². The number of nitrogens with zero attached hydrogens (tertiary/aromatic N) is 3. The monoisotopic (exact) mass is 420 g/mol. The van der Waals surface area contributed by atoms with Crippen LogP contribution in [0.15, 0.2) is 65.5 Å². The second-order valence-corrected chi connectivity index (χ2v) is 8.09. The van der Waals surface area contributed by atoms with Gasteiger partial charge in [-0.25, -0.2) is 9.50 Å². The zero-order valence-corrected chi connectivity index (χ0v) is 18.0. The summed E-state index contributed by atoms with van der Waals surface area (Å²) in [5, 5.41) is 3.91. The lowest BCUT2D eigenvalue weighted by molar-refractivity contribution is 0.254. The minimum Gasteiger partial charge on any atom is -0.293 e. The van der Waals surface area contributed by atoms with Crippen molar-refractivity contribution < 1.29 is 0 Å². The zero-order valence-electron chi connectivity index (χ0n) is 17.2. The van der Waals surface area contributed by atoms with Crippen LogP contribution in [0.3, 0.4) is 0 Å². The maximum absolute atomic E-state index is 12.7. The van der Waals surface area contributed by atoms with Gasteiger partial charge in [-0.15, -0.1) is 0 Å². The minimum absolute atomic E-state index is 0.100. The fraction of sp³-hybridized carbons (Fsp3) is 0.250. The number of aromatic nitrogens is 3. The van der Waals surface area contributed by atoms with Gasteiger partial charge in [0.1, 0.15) is 0 Å². The van der Waals surface area contributed by atoms with E-state index in [-0.39, 0.29) is 5.56 Å². The molecule has 30 heavy (non-hydrogen) atoms. The summed E-state index contributed by atoms with van der Waals surface area (Å²) in [6, 6.07) is 19.6. The second-order valence-electron chi connectivity index (χ2n) is 7.66. The molecule has 2 aromatic heterocycles. The SMILES string of the molecule is CCCN(Cc1ccc(Cl)cc1)Cc1cc(=O)n2[nH]c(-c3cccc(C)c3)cc2n1. The number of aryl methyl sites for hydroxylation is 1. The first kappa shape index (κ1) is 20.4. The van der Waals surface area contributed by atoms with E-state index >= 15 is 0 Å². The molecule has 4 aromatic rings. The number of H-pyrrole nitrogens is 1. The van der Waals surface area contributed by atoms with Crippen molar-refractivity contribution in [1.82, 2.24) is 19.5 Å². The van der Waals surface area contributed by atoms with Crippen molar-refractivity contribution in [2.75, 3.05) is 6.54 Å². The first-order chi connectivity index (χ1) is 14.5. The summed E-state index contributed by atoms with van der Waals surface area (Å²) in [5.41, 5.74) is 5.59. The highest BCUT2D eigenvalue weighted by atomic mass is 35.5. The Morgan fingerprint density at radius 3 is 2.60 bits per heavy atom. The van der Waals surface area contributed by atoms with Gasteiger partial charge in [0, 0.05) is 30.2 Å². The fourth-order valence-corrected chi connectivity index (χ4v) is 3.82. The van der Waals surface area contributed by atoms with Crippen LogP contribution in [-0.2, 0) is 13.1 Å². The van der Waals surface area contributed by atoms with Crippen LogP contribution >= 0.6 is 11.6 Å². The van der Waals surface area contributed by atoms with E-state index in [9.17, 15) is 4.79 Å². The van der Waals surface area contributed by atoms with Crippen LogP contribution < -0.4 is 5.56 Å². The molecule has 0 amide bonds. The van der Waals surface area contributed by atoms with Gasteiger partial charge in [0.25, 0.3) is 5.56 Å². The highest BCUT2D eigenvalue weighted by molar-refractivity contribution is 6.30. The molecule has 2 aromatic carbocycles. The van der Waals surface area contributed by atoms with E-state index in [1.165, 1.54) is 15.6 Å². The van der Waals surface area contributed by atoms with Gasteiger partial charge in [-0.3, -0.25) is 14.8 Å². The molecular formula is C24H25ClN4O. The molecule has 0 aliphatic heterocycles. The van der Waals surface area contributed by atoms with E-state index in [0.29, 0.717) is 12.2 Å². The molecule has 0 saturated carbocycles. The zero-order chi connectivity index (χ0) is 21.1. The molecule has 6 heteroatoms. The topological polar surface area (TPSA) is 53.4 Å². The van der Waals surface area contributed by atoms with Crippen LogP contribution in [0.1, 0.15) is 30.2 Å². The molecule has 0 saturated heterocycles. The van der Waals surface area contributed by atoms with Gasteiger partial charge < -0.3 is 0 Å². The summed E-state index contributed by atoms with van der Waals surface area (Å²) in [4.78, 5) is 19.8. The highest BCUT2D eigenvalue weighted by Crippen LogP contribution is 2.20. The maximum Gasteiger partial charge on any atom is 0.272 e. The molecule has 0 unspecified atom stereocenters. The van der Waals surface area contributed by atoms with E-state index in [2.05, 4.69) is 36.0 Å². The first-order valence-electron chi connectivity index (χ1n) is 10.2. The van der Waals surface area contributed by atoms with Crippen molar-refractivity contribution in [2.45, 2.75) is 33.4 Å². The van der Waals surface area contributed by atoms with Crippen LogP contribution in [0.4, 0.5) is 0 Å². The maximum atomic E-state index is 12.7. The molecule has 1 N–H and O–H groups in total. The standard InChI is InChI=1S/C24H25ClN4O/c1-3-11-28(15-18-7-9-20(25)10-8-18)16-21-13-24(30)29-23(26-21)14-22(27-29)19-6-4-5-17(2)12-19/h4-10,12-14,27H,3,11,15-16H2,1-2H3. The number of benzene rings is 2. The summed E-state index contributed by atoms with van der Waals surface area (Å²) in [7, 11) is 0. The summed E-state index contributed by atoms with van der Waals surface area (Å²) in [6.45, 7) is 6.53. The van der Waals surface area contributed by atoms with Crippen molar-refractivity contribution in [2.24, 2.45) is 0 Å². The largest absolute Gasteiger partial charge is 0.293 e. The second kappa shape index (κ2) is 8.86. The van der Waals surface area contributed by atoms with Gasteiger partial charge in [0.2, 0.25) is 0 Å². The number of fused-ring (bicyclic) bond motifs is 1. The van der Waals surface area contributed by atoms with Crippen molar-refractivity contribution in [3.05, 3.63) is 92.9 Å².